The summed E-state index contributed by atoms with van der Waals surface area (Å²) in [5.74, 6) is 1.47. The molecular formula is C12H25NO. The maximum absolute atomic E-state index is 5.84. The lowest BCUT2D eigenvalue weighted by atomic mass is 9.85. The van der Waals surface area contributed by atoms with Crippen molar-refractivity contribution in [2.75, 3.05) is 13.7 Å². The van der Waals surface area contributed by atoms with Crippen LogP contribution in [0.1, 0.15) is 40.0 Å². The first kappa shape index (κ1) is 12.0. The van der Waals surface area contributed by atoms with E-state index in [0.717, 1.165) is 12.5 Å². The molecule has 3 unspecified atom stereocenters. The topological polar surface area (TPSA) is 21.3 Å². The standard InChI is InChI=1S/C12H25NO/c1-5-10(6-2)11(13-4)12-9(3)7-8-14-12/h9-13H,5-8H2,1-4H3. The van der Waals surface area contributed by atoms with Crippen molar-refractivity contribution in [1.82, 2.24) is 5.32 Å². The largest absolute Gasteiger partial charge is 0.376 e. The van der Waals surface area contributed by atoms with Crippen molar-refractivity contribution in [2.45, 2.75) is 52.2 Å². The van der Waals surface area contributed by atoms with Crippen LogP contribution in [0.3, 0.4) is 0 Å². The highest BCUT2D eigenvalue weighted by atomic mass is 16.5. The molecule has 84 valence electrons. The Balaban J connectivity index is 2.59. The summed E-state index contributed by atoms with van der Waals surface area (Å²) in [4.78, 5) is 0. The molecule has 14 heavy (non-hydrogen) atoms. The van der Waals surface area contributed by atoms with Gasteiger partial charge in [-0.15, -0.1) is 0 Å². The van der Waals surface area contributed by atoms with Crippen molar-refractivity contribution in [2.24, 2.45) is 11.8 Å². The maximum atomic E-state index is 5.84. The zero-order chi connectivity index (χ0) is 10.6. The van der Waals surface area contributed by atoms with Gasteiger partial charge in [-0.1, -0.05) is 33.6 Å². The Morgan fingerprint density at radius 2 is 2.00 bits per heavy atom. The summed E-state index contributed by atoms with van der Waals surface area (Å²) in [6.45, 7) is 7.81. The molecule has 3 atom stereocenters. The molecular weight excluding hydrogens is 174 g/mol. The molecule has 0 aromatic rings. The van der Waals surface area contributed by atoms with Crippen molar-refractivity contribution >= 4 is 0 Å². The van der Waals surface area contributed by atoms with E-state index in [1.165, 1.54) is 19.3 Å². The number of likely N-dealkylation sites (N-methyl/N-ethyl adjacent to an activating group) is 1. The number of rotatable bonds is 5. The van der Waals surface area contributed by atoms with E-state index in [1.54, 1.807) is 0 Å². The van der Waals surface area contributed by atoms with Gasteiger partial charge in [0.05, 0.1) is 6.10 Å². The summed E-state index contributed by atoms with van der Waals surface area (Å²) < 4.78 is 5.84. The van der Waals surface area contributed by atoms with E-state index in [4.69, 9.17) is 4.74 Å². The first-order chi connectivity index (χ1) is 6.74. The SMILES string of the molecule is CCC(CC)C(NC)C1OCCC1C. The highest BCUT2D eigenvalue weighted by molar-refractivity contribution is 4.87. The van der Waals surface area contributed by atoms with E-state index in [1.807, 2.05) is 0 Å². The summed E-state index contributed by atoms with van der Waals surface area (Å²) in [6.07, 6.45) is 4.15. The Morgan fingerprint density at radius 3 is 2.36 bits per heavy atom. The van der Waals surface area contributed by atoms with Gasteiger partial charge in [0.1, 0.15) is 0 Å². The molecule has 1 heterocycles. The molecule has 1 rings (SSSR count). The Bertz CT molecular complexity index is 156. The third-order valence-corrected chi connectivity index (χ3v) is 3.69. The lowest BCUT2D eigenvalue weighted by Gasteiger charge is -2.32. The van der Waals surface area contributed by atoms with Crippen LogP contribution in [0, 0.1) is 11.8 Å². The van der Waals surface area contributed by atoms with Crippen LogP contribution in [-0.4, -0.2) is 25.8 Å². The van der Waals surface area contributed by atoms with Gasteiger partial charge in [0.2, 0.25) is 0 Å². The summed E-state index contributed by atoms with van der Waals surface area (Å²) in [6, 6.07) is 0.544. The van der Waals surface area contributed by atoms with Crippen molar-refractivity contribution in [3.8, 4) is 0 Å². The molecule has 2 heteroatoms. The monoisotopic (exact) mass is 199 g/mol. The Labute approximate surface area is 88.4 Å². The van der Waals surface area contributed by atoms with Crippen molar-refractivity contribution in [3.63, 3.8) is 0 Å². The van der Waals surface area contributed by atoms with Crippen LogP contribution in [0.15, 0.2) is 0 Å². The van der Waals surface area contributed by atoms with Gasteiger partial charge in [0.15, 0.2) is 0 Å². The first-order valence-corrected chi connectivity index (χ1v) is 6.03. The Hall–Kier alpha value is -0.0800. The summed E-state index contributed by atoms with van der Waals surface area (Å²) >= 11 is 0. The molecule has 1 aliphatic heterocycles. The molecule has 0 saturated carbocycles. The van der Waals surface area contributed by atoms with Gasteiger partial charge in [-0.05, 0) is 25.3 Å². The average Bonchev–Trinajstić information content (AvgIpc) is 2.61. The minimum atomic E-state index is 0.435. The number of ether oxygens (including phenoxy) is 1. The normalized spacial score (nSPS) is 29.8. The highest BCUT2D eigenvalue weighted by Crippen LogP contribution is 2.28. The van der Waals surface area contributed by atoms with Crippen LogP contribution in [0.5, 0.6) is 0 Å². The van der Waals surface area contributed by atoms with E-state index in [9.17, 15) is 0 Å². The molecule has 0 aliphatic carbocycles. The van der Waals surface area contributed by atoms with Gasteiger partial charge in [-0.25, -0.2) is 0 Å². The molecule has 0 amide bonds. The lowest BCUT2D eigenvalue weighted by molar-refractivity contribution is 0.0418. The van der Waals surface area contributed by atoms with E-state index in [-0.39, 0.29) is 0 Å². The molecule has 0 spiro atoms. The number of hydrogen-bond donors (Lipinski definition) is 1. The third kappa shape index (κ3) is 2.48. The fraction of sp³-hybridized carbons (Fsp3) is 1.00. The van der Waals surface area contributed by atoms with E-state index >= 15 is 0 Å². The predicted molar refractivity (Wildman–Crippen MR) is 60.4 cm³/mol. The van der Waals surface area contributed by atoms with Crippen LogP contribution in [0.4, 0.5) is 0 Å². The fourth-order valence-corrected chi connectivity index (χ4v) is 2.64. The van der Waals surface area contributed by atoms with Crippen LogP contribution >= 0.6 is 0 Å². The quantitative estimate of drug-likeness (QED) is 0.734. The average molecular weight is 199 g/mol. The van der Waals surface area contributed by atoms with Gasteiger partial charge in [-0.3, -0.25) is 0 Å². The molecule has 0 aromatic heterocycles. The van der Waals surface area contributed by atoms with E-state index in [2.05, 4.69) is 33.1 Å². The van der Waals surface area contributed by atoms with E-state index < -0.39 is 0 Å². The Morgan fingerprint density at radius 1 is 1.36 bits per heavy atom. The highest BCUT2D eigenvalue weighted by Gasteiger charge is 2.34. The maximum Gasteiger partial charge on any atom is 0.0756 e. The zero-order valence-corrected chi connectivity index (χ0v) is 10.0. The molecule has 0 bridgehead atoms. The number of nitrogens with one attached hydrogen (secondary N) is 1. The Kier molecular flexibility index (Phi) is 4.90. The van der Waals surface area contributed by atoms with Crippen molar-refractivity contribution in [3.05, 3.63) is 0 Å². The predicted octanol–water partition coefficient (Wildman–Crippen LogP) is 2.44. The van der Waals surface area contributed by atoms with Gasteiger partial charge in [0, 0.05) is 12.6 Å². The van der Waals surface area contributed by atoms with Crippen LogP contribution in [-0.2, 0) is 4.74 Å². The van der Waals surface area contributed by atoms with Gasteiger partial charge < -0.3 is 10.1 Å². The fourth-order valence-electron chi connectivity index (χ4n) is 2.64. The minimum absolute atomic E-state index is 0.435. The minimum Gasteiger partial charge on any atom is -0.376 e. The van der Waals surface area contributed by atoms with Crippen LogP contribution < -0.4 is 5.32 Å². The van der Waals surface area contributed by atoms with E-state index in [0.29, 0.717) is 18.1 Å². The molecule has 2 nitrogen and oxygen atoms in total. The summed E-state index contributed by atoms with van der Waals surface area (Å²) in [5, 5.41) is 3.45. The lowest BCUT2D eigenvalue weighted by Crippen LogP contribution is -2.45. The van der Waals surface area contributed by atoms with Gasteiger partial charge in [0.25, 0.3) is 0 Å². The summed E-state index contributed by atoms with van der Waals surface area (Å²) in [7, 11) is 2.07. The molecule has 1 N–H and O–H groups in total. The summed E-state index contributed by atoms with van der Waals surface area (Å²) in [5.41, 5.74) is 0. The number of hydrogen-bond acceptors (Lipinski definition) is 2. The second kappa shape index (κ2) is 5.72. The second-order valence-corrected chi connectivity index (χ2v) is 4.49. The second-order valence-electron chi connectivity index (χ2n) is 4.49. The van der Waals surface area contributed by atoms with Gasteiger partial charge >= 0.3 is 0 Å². The molecule has 1 saturated heterocycles. The van der Waals surface area contributed by atoms with Crippen molar-refractivity contribution in [1.29, 1.82) is 0 Å². The molecule has 1 aliphatic rings. The van der Waals surface area contributed by atoms with Crippen LogP contribution in [0.2, 0.25) is 0 Å². The smallest absolute Gasteiger partial charge is 0.0756 e. The van der Waals surface area contributed by atoms with Crippen molar-refractivity contribution < 1.29 is 4.74 Å². The van der Waals surface area contributed by atoms with Gasteiger partial charge in [-0.2, -0.15) is 0 Å². The molecule has 1 fully saturated rings. The molecule has 0 aromatic carbocycles. The zero-order valence-electron chi connectivity index (χ0n) is 10.0. The van der Waals surface area contributed by atoms with Crippen LogP contribution in [0.25, 0.3) is 0 Å². The first-order valence-electron chi connectivity index (χ1n) is 6.03. The molecule has 0 radical (unpaired) electrons. The third-order valence-electron chi connectivity index (χ3n) is 3.69.